The van der Waals surface area contributed by atoms with E-state index in [1.54, 1.807) is 41.3 Å². The van der Waals surface area contributed by atoms with E-state index >= 15 is 0 Å². The summed E-state index contributed by atoms with van der Waals surface area (Å²) < 4.78 is 6.22. The molecule has 128 valence electrons. The van der Waals surface area contributed by atoms with Crippen molar-refractivity contribution in [3.05, 3.63) is 57.2 Å². The summed E-state index contributed by atoms with van der Waals surface area (Å²) in [6.45, 7) is 2.56. The lowest BCUT2D eigenvalue weighted by atomic mass is 10.1. The maximum atomic E-state index is 12.3. The van der Waals surface area contributed by atoms with Crippen LogP contribution >= 0.6 is 24.0 Å². The van der Waals surface area contributed by atoms with Crippen molar-refractivity contribution in [1.29, 1.82) is 0 Å². The number of amides is 1. The van der Waals surface area contributed by atoms with Crippen molar-refractivity contribution in [1.82, 2.24) is 4.90 Å². The molecular weight excluding hydrogens is 360 g/mol. The van der Waals surface area contributed by atoms with E-state index in [9.17, 15) is 14.9 Å². The van der Waals surface area contributed by atoms with Crippen LogP contribution in [0.15, 0.2) is 45.7 Å². The van der Waals surface area contributed by atoms with Gasteiger partial charge in [-0.2, -0.15) is 0 Å². The lowest BCUT2D eigenvalue weighted by Gasteiger charge is -2.11. The summed E-state index contributed by atoms with van der Waals surface area (Å²) in [7, 11) is 0. The van der Waals surface area contributed by atoms with Crippen LogP contribution in [0.3, 0.4) is 0 Å². The quantitative estimate of drug-likeness (QED) is 0.333. The summed E-state index contributed by atoms with van der Waals surface area (Å²) >= 11 is 6.46. The van der Waals surface area contributed by atoms with Gasteiger partial charge in [-0.1, -0.05) is 43.0 Å². The van der Waals surface area contributed by atoms with Gasteiger partial charge in [-0.05, 0) is 24.6 Å². The van der Waals surface area contributed by atoms with Crippen LogP contribution in [0.25, 0.3) is 17.4 Å². The summed E-state index contributed by atoms with van der Waals surface area (Å²) in [5, 5.41) is 11.1. The second-order valence-electron chi connectivity index (χ2n) is 5.31. The Morgan fingerprint density at radius 2 is 2.08 bits per heavy atom. The Labute approximate surface area is 153 Å². The normalized spacial score (nSPS) is 16.0. The number of furan rings is 1. The van der Waals surface area contributed by atoms with Crippen molar-refractivity contribution < 1.29 is 14.1 Å². The third kappa shape index (κ3) is 3.49. The molecule has 8 heteroatoms. The number of hydrogen-bond acceptors (Lipinski definition) is 6. The van der Waals surface area contributed by atoms with Crippen LogP contribution in [0.5, 0.6) is 0 Å². The number of nitro benzene ring substituents is 1. The molecule has 0 bridgehead atoms. The lowest BCUT2D eigenvalue weighted by Crippen LogP contribution is -2.28. The van der Waals surface area contributed by atoms with Crippen LogP contribution in [0, 0.1) is 10.1 Å². The highest BCUT2D eigenvalue weighted by molar-refractivity contribution is 8.26. The van der Waals surface area contributed by atoms with Crippen LogP contribution < -0.4 is 0 Å². The number of thioether (sulfide) groups is 1. The fourth-order valence-electron chi connectivity index (χ4n) is 2.46. The third-order valence-corrected chi connectivity index (χ3v) is 4.96. The minimum atomic E-state index is -0.451. The number of hydrogen-bond donors (Lipinski definition) is 0. The van der Waals surface area contributed by atoms with Gasteiger partial charge in [0.1, 0.15) is 15.8 Å². The minimum absolute atomic E-state index is 0.0299. The number of nitro groups is 1. The molecule has 0 radical (unpaired) electrons. The summed E-state index contributed by atoms with van der Waals surface area (Å²) in [6, 6.07) is 9.69. The number of carbonyl (C=O) groups is 1. The molecular formula is C17H14N2O4S2. The first-order chi connectivity index (χ1) is 12.0. The van der Waals surface area contributed by atoms with E-state index < -0.39 is 4.92 Å². The molecule has 1 aliphatic rings. The summed E-state index contributed by atoms with van der Waals surface area (Å²) in [4.78, 5) is 25.1. The van der Waals surface area contributed by atoms with Crippen LogP contribution in [-0.2, 0) is 4.79 Å². The number of thiocarbonyl (C=S) groups is 1. The number of para-hydroxylation sites is 1. The molecule has 1 aliphatic heterocycles. The molecule has 1 aromatic carbocycles. The molecule has 1 fully saturated rings. The summed E-state index contributed by atoms with van der Waals surface area (Å²) in [5.74, 6) is 0.688. The van der Waals surface area contributed by atoms with E-state index in [1.165, 1.54) is 17.8 Å². The zero-order valence-corrected chi connectivity index (χ0v) is 14.9. The zero-order chi connectivity index (χ0) is 18.0. The first-order valence-corrected chi connectivity index (χ1v) is 8.82. The van der Waals surface area contributed by atoms with Gasteiger partial charge in [-0.15, -0.1) is 0 Å². The van der Waals surface area contributed by atoms with Gasteiger partial charge in [0, 0.05) is 18.7 Å². The Morgan fingerprint density at radius 1 is 1.32 bits per heavy atom. The van der Waals surface area contributed by atoms with Crippen LogP contribution in [-0.4, -0.2) is 26.6 Å². The van der Waals surface area contributed by atoms with Crippen molar-refractivity contribution in [2.24, 2.45) is 0 Å². The Bertz CT molecular complexity index is 888. The maximum Gasteiger partial charge on any atom is 0.280 e. The molecule has 2 aromatic rings. The fourth-order valence-corrected chi connectivity index (χ4v) is 3.75. The highest BCUT2D eigenvalue weighted by Crippen LogP contribution is 2.35. The van der Waals surface area contributed by atoms with Crippen molar-refractivity contribution in [3.63, 3.8) is 0 Å². The standard InChI is InChI=1S/C17H14N2O4S2/c1-2-9-18-16(20)15(25-17(18)24)10-11-7-8-14(23-11)12-5-3-4-6-13(12)19(21)22/h3-8,10H,2,9H2,1H3/b15-10+. The molecule has 1 aromatic heterocycles. The van der Waals surface area contributed by atoms with Crippen molar-refractivity contribution >= 4 is 46.0 Å². The molecule has 0 saturated carbocycles. The van der Waals surface area contributed by atoms with Crippen molar-refractivity contribution in [2.75, 3.05) is 6.54 Å². The van der Waals surface area contributed by atoms with Crippen LogP contribution in [0.1, 0.15) is 19.1 Å². The SMILES string of the molecule is CCCN1C(=O)/C(=C\c2ccc(-c3ccccc3[N+](=O)[O-])o2)SC1=S. The Hall–Kier alpha value is -2.45. The summed E-state index contributed by atoms with van der Waals surface area (Å²) in [6.07, 6.45) is 2.44. The van der Waals surface area contributed by atoms with Gasteiger partial charge in [0.25, 0.3) is 11.6 Å². The largest absolute Gasteiger partial charge is 0.456 e. The van der Waals surface area contributed by atoms with Gasteiger partial charge in [0.15, 0.2) is 0 Å². The topological polar surface area (TPSA) is 76.6 Å². The van der Waals surface area contributed by atoms with Crippen molar-refractivity contribution in [3.8, 4) is 11.3 Å². The van der Waals surface area contributed by atoms with Gasteiger partial charge in [0.05, 0.1) is 15.4 Å². The Balaban J connectivity index is 1.90. The van der Waals surface area contributed by atoms with Crippen LogP contribution in [0.4, 0.5) is 5.69 Å². The predicted octanol–water partition coefficient (Wildman–Crippen LogP) is 4.47. The Morgan fingerprint density at radius 3 is 2.80 bits per heavy atom. The van der Waals surface area contributed by atoms with Gasteiger partial charge in [0.2, 0.25) is 0 Å². The van der Waals surface area contributed by atoms with Gasteiger partial charge < -0.3 is 4.42 Å². The average molecular weight is 374 g/mol. The van der Waals surface area contributed by atoms with E-state index in [0.717, 1.165) is 6.42 Å². The molecule has 0 N–H and O–H groups in total. The maximum absolute atomic E-state index is 12.3. The molecule has 0 spiro atoms. The van der Waals surface area contributed by atoms with E-state index in [1.807, 2.05) is 6.92 Å². The monoisotopic (exact) mass is 374 g/mol. The molecule has 0 atom stereocenters. The second kappa shape index (κ2) is 7.20. The molecule has 6 nitrogen and oxygen atoms in total. The predicted molar refractivity (Wildman–Crippen MR) is 101 cm³/mol. The highest BCUT2D eigenvalue weighted by Gasteiger charge is 2.31. The second-order valence-corrected chi connectivity index (χ2v) is 6.99. The van der Waals surface area contributed by atoms with Gasteiger partial charge in [-0.3, -0.25) is 19.8 Å². The van der Waals surface area contributed by atoms with Gasteiger partial charge >= 0.3 is 0 Å². The van der Waals surface area contributed by atoms with Crippen molar-refractivity contribution in [2.45, 2.75) is 13.3 Å². The first kappa shape index (κ1) is 17.4. The van der Waals surface area contributed by atoms with E-state index in [-0.39, 0.29) is 11.6 Å². The number of carbonyl (C=O) groups excluding carboxylic acids is 1. The number of nitrogens with zero attached hydrogens (tertiary/aromatic N) is 2. The Kier molecular flexibility index (Phi) is 5.00. The number of rotatable bonds is 5. The minimum Gasteiger partial charge on any atom is -0.456 e. The average Bonchev–Trinajstić information content (AvgIpc) is 3.16. The summed E-state index contributed by atoms with van der Waals surface area (Å²) in [5.41, 5.74) is 0.364. The molecule has 0 unspecified atom stereocenters. The molecule has 1 amide bonds. The third-order valence-electron chi connectivity index (χ3n) is 3.59. The van der Waals surface area contributed by atoms with E-state index in [2.05, 4.69) is 0 Å². The first-order valence-electron chi connectivity index (χ1n) is 7.60. The highest BCUT2D eigenvalue weighted by atomic mass is 32.2. The molecule has 25 heavy (non-hydrogen) atoms. The smallest absolute Gasteiger partial charge is 0.280 e. The molecule has 1 saturated heterocycles. The molecule has 2 heterocycles. The zero-order valence-electron chi connectivity index (χ0n) is 13.3. The van der Waals surface area contributed by atoms with Gasteiger partial charge in [-0.25, -0.2) is 0 Å². The fraction of sp³-hybridized carbons (Fsp3) is 0.176. The van der Waals surface area contributed by atoms with E-state index in [0.29, 0.717) is 32.9 Å². The van der Waals surface area contributed by atoms with E-state index in [4.69, 9.17) is 16.6 Å². The lowest BCUT2D eigenvalue weighted by molar-refractivity contribution is -0.384. The molecule has 0 aliphatic carbocycles. The number of benzene rings is 1. The molecule has 3 rings (SSSR count). The van der Waals surface area contributed by atoms with Crippen LogP contribution in [0.2, 0.25) is 0 Å².